The van der Waals surface area contributed by atoms with E-state index in [1.165, 1.54) is 44.1 Å². The molecule has 4 aliphatic rings. The average Bonchev–Trinajstić information content (AvgIpc) is 3.03. The molecule has 146 valence electrons. The Labute approximate surface area is 164 Å². The molecule has 2 nitrogen and oxygen atoms in total. The van der Waals surface area contributed by atoms with Gasteiger partial charge in [0.1, 0.15) is 0 Å². The van der Waals surface area contributed by atoms with Gasteiger partial charge in [0.25, 0.3) is 0 Å². The average molecular weight is 366 g/mol. The Kier molecular flexibility index (Phi) is 4.10. The molecule has 6 unspecified atom stereocenters. The smallest absolute Gasteiger partial charge is 0.0568 e. The van der Waals surface area contributed by atoms with E-state index in [1.807, 2.05) is 6.20 Å². The summed E-state index contributed by atoms with van der Waals surface area (Å²) in [4.78, 5) is 4.40. The Morgan fingerprint density at radius 2 is 1.89 bits per heavy atom. The first kappa shape index (κ1) is 17.9. The van der Waals surface area contributed by atoms with Crippen LogP contribution in [-0.4, -0.2) is 16.2 Å². The summed E-state index contributed by atoms with van der Waals surface area (Å²) in [6.07, 6.45) is 15.3. The van der Waals surface area contributed by atoms with Crippen molar-refractivity contribution >= 4 is 5.57 Å². The fraction of sp³-hybridized carbons (Fsp3) is 0.720. The molecule has 0 saturated heterocycles. The number of fused-ring (bicyclic) bond motifs is 5. The van der Waals surface area contributed by atoms with E-state index < -0.39 is 0 Å². The third-order valence-electron chi connectivity index (χ3n) is 9.72. The van der Waals surface area contributed by atoms with Crippen LogP contribution in [0.5, 0.6) is 0 Å². The van der Waals surface area contributed by atoms with Gasteiger partial charge >= 0.3 is 0 Å². The number of hydrogen-bond acceptors (Lipinski definition) is 2. The molecule has 27 heavy (non-hydrogen) atoms. The summed E-state index contributed by atoms with van der Waals surface area (Å²) in [6.45, 7) is 7.45. The largest absolute Gasteiger partial charge is 0.393 e. The minimum absolute atomic E-state index is 0.0705. The van der Waals surface area contributed by atoms with Gasteiger partial charge in [-0.15, -0.1) is 0 Å². The van der Waals surface area contributed by atoms with Crippen molar-refractivity contribution < 1.29 is 5.11 Å². The van der Waals surface area contributed by atoms with Crippen molar-refractivity contribution in [3.05, 3.63) is 36.2 Å². The highest BCUT2D eigenvalue weighted by Crippen LogP contribution is 2.68. The number of aliphatic hydroxyl groups excluding tert-OH is 1. The van der Waals surface area contributed by atoms with Gasteiger partial charge in [0.2, 0.25) is 0 Å². The van der Waals surface area contributed by atoms with Gasteiger partial charge in [-0.3, -0.25) is 4.98 Å². The molecule has 1 N–H and O–H groups in total. The van der Waals surface area contributed by atoms with Crippen LogP contribution in [0.2, 0.25) is 0 Å². The van der Waals surface area contributed by atoms with Crippen LogP contribution in [0.25, 0.3) is 5.57 Å². The van der Waals surface area contributed by atoms with E-state index in [0.717, 1.165) is 30.1 Å². The molecule has 3 fully saturated rings. The highest BCUT2D eigenvalue weighted by molar-refractivity contribution is 5.72. The first-order chi connectivity index (χ1) is 12.9. The van der Waals surface area contributed by atoms with Crippen LogP contribution in [0, 0.1) is 40.4 Å². The van der Waals surface area contributed by atoms with Gasteiger partial charge in [0.05, 0.1) is 6.10 Å². The van der Waals surface area contributed by atoms with Gasteiger partial charge in [-0.2, -0.15) is 0 Å². The zero-order valence-corrected chi connectivity index (χ0v) is 17.2. The first-order valence-electron chi connectivity index (χ1n) is 11.2. The van der Waals surface area contributed by atoms with Crippen molar-refractivity contribution in [1.29, 1.82) is 0 Å². The Hall–Kier alpha value is -1.15. The quantitative estimate of drug-likeness (QED) is 0.690. The minimum atomic E-state index is -0.0705. The number of aliphatic hydroxyl groups is 1. The summed E-state index contributed by atoms with van der Waals surface area (Å²) in [5.41, 5.74) is 3.68. The van der Waals surface area contributed by atoms with Crippen LogP contribution < -0.4 is 0 Å². The maximum Gasteiger partial charge on any atom is 0.0568 e. The van der Waals surface area contributed by atoms with Crippen LogP contribution in [0.1, 0.15) is 71.3 Å². The molecule has 0 bridgehead atoms. The normalized spacial score (nSPS) is 49.0. The van der Waals surface area contributed by atoms with Crippen LogP contribution in [0.3, 0.4) is 0 Å². The second kappa shape index (κ2) is 6.17. The third-order valence-corrected chi connectivity index (χ3v) is 9.72. The Bertz CT molecular complexity index is 742. The van der Waals surface area contributed by atoms with Gasteiger partial charge in [0.15, 0.2) is 0 Å². The van der Waals surface area contributed by atoms with E-state index in [4.69, 9.17) is 0 Å². The van der Waals surface area contributed by atoms with Gasteiger partial charge in [-0.25, -0.2) is 0 Å². The van der Waals surface area contributed by atoms with Crippen molar-refractivity contribution in [3.8, 4) is 0 Å². The standard InChI is InChI=1S/C25H35NO/c1-16-19-7-6-18-21-9-8-20(17-5-4-14-26-15-17)25(21,3)12-10-22(18)24(19,2)13-11-23(16)27/h4-5,8,14-16,18-19,21-23,27H,6-7,9-13H2,1-3H3/t16?,18?,19?,21?,22?,23?,24-,25+/m0/s1. The zero-order chi connectivity index (χ0) is 18.8. The molecule has 8 atom stereocenters. The first-order valence-corrected chi connectivity index (χ1v) is 11.2. The molecule has 0 amide bonds. The lowest BCUT2D eigenvalue weighted by atomic mass is 9.43. The van der Waals surface area contributed by atoms with Gasteiger partial charge in [-0.05, 0) is 103 Å². The minimum Gasteiger partial charge on any atom is -0.393 e. The second-order valence-corrected chi connectivity index (χ2v) is 10.6. The fourth-order valence-electron chi connectivity index (χ4n) is 8.25. The molecule has 5 rings (SSSR count). The number of hydrogen-bond donors (Lipinski definition) is 1. The van der Waals surface area contributed by atoms with Crippen LogP contribution in [-0.2, 0) is 0 Å². The maximum absolute atomic E-state index is 10.5. The maximum atomic E-state index is 10.5. The van der Waals surface area contributed by atoms with Crippen LogP contribution in [0.15, 0.2) is 30.6 Å². The summed E-state index contributed by atoms with van der Waals surface area (Å²) < 4.78 is 0. The van der Waals surface area contributed by atoms with Crippen molar-refractivity contribution in [2.45, 2.75) is 71.8 Å². The number of aromatic nitrogens is 1. The summed E-state index contributed by atoms with van der Waals surface area (Å²) in [6, 6.07) is 4.33. The van der Waals surface area contributed by atoms with E-state index >= 15 is 0 Å². The van der Waals surface area contributed by atoms with Crippen molar-refractivity contribution in [2.75, 3.05) is 0 Å². The van der Waals surface area contributed by atoms with E-state index in [-0.39, 0.29) is 6.10 Å². The van der Waals surface area contributed by atoms with Crippen molar-refractivity contribution in [2.24, 2.45) is 40.4 Å². The molecule has 1 aromatic rings. The van der Waals surface area contributed by atoms with E-state index in [1.54, 1.807) is 5.57 Å². The molecular formula is C25H35NO. The lowest BCUT2D eigenvalue weighted by Gasteiger charge is -2.62. The molecular weight excluding hydrogens is 330 g/mol. The Balaban J connectivity index is 1.45. The summed E-state index contributed by atoms with van der Waals surface area (Å²) in [7, 11) is 0. The number of nitrogens with zero attached hydrogens (tertiary/aromatic N) is 1. The topological polar surface area (TPSA) is 33.1 Å². The predicted octanol–water partition coefficient (Wildman–Crippen LogP) is 5.72. The van der Waals surface area contributed by atoms with Gasteiger partial charge in [0, 0.05) is 12.4 Å². The molecule has 1 aromatic heterocycles. The molecule has 0 aromatic carbocycles. The van der Waals surface area contributed by atoms with Crippen LogP contribution in [0.4, 0.5) is 0 Å². The van der Waals surface area contributed by atoms with Crippen molar-refractivity contribution in [1.82, 2.24) is 4.98 Å². The second-order valence-electron chi connectivity index (χ2n) is 10.6. The van der Waals surface area contributed by atoms with Crippen molar-refractivity contribution in [3.63, 3.8) is 0 Å². The lowest BCUT2D eigenvalue weighted by Crippen LogP contribution is -2.55. The summed E-state index contributed by atoms with van der Waals surface area (Å²) >= 11 is 0. The van der Waals surface area contributed by atoms with E-state index in [9.17, 15) is 5.11 Å². The molecule has 0 spiro atoms. The number of allylic oxidation sites excluding steroid dienone is 2. The Morgan fingerprint density at radius 3 is 2.67 bits per heavy atom. The lowest BCUT2D eigenvalue weighted by molar-refractivity contribution is -0.138. The highest BCUT2D eigenvalue weighted by Gasteiger charge is 2.59. The third kappa shape index (κ3) is 2.44. The Morgan fingerprint density at radius 1 is 1.04 bits per heavy atom. The zero-order valence-electron chi connectivity index (χ0n) is 17.2. The van der Waals surface area contributed by atoms with Crippen LogP contribution >= 0.6 is 0 Å². The molecule has 0 radical (unpaired) electrons. The fourth-order valence-corrected chi connectivity index (χ4v) is 8.25. The molecule has 1 heterocycles. The van der Waals surface area contributed by atoms with E-state index in [2.05, 4.69) is 50.2 Å². The highest BCUT2D eigenvalue weighted by atomic mass is 16.3. The molecule has 3 saturated carbocycles. The SMILES string of the molecule is CC1C(O)CC[C@@]2(C)C1CCC1C2CC[C@]2(C)C(c3cccnc3)=CCC12. The van der Waals surface area contributed by atoms with Gasteiger partial charge < -0.3 is 5.11 Å². The number of rotatable bonds is 1. The van der Waals surface area contributed by atoms with Gasteiger partial charge in [-0.1, -0.05) is 32.9 Å². The summed E-state index contributed by atoms with van der Waals surface area (Å²) in [5, 5.41) is 10.5. The predicted molar refractivity (Wildman–Crippen MR) is 110 cm³/mol. The van der Waals surface area contributed by atoms with E-state index in [0.29, 0.717) is 16.7 Å². The number of pyridine rings is 1. The molecule has 4 aliphatic carbocycles. The summed E-state index contributed by atoms with van der Waals surface area (Å²) in [5.74, 6) is 3.71. The monoisotopic (exact) mass is 365 g/mol. The molecule has 2 heteroatoms. The molecule has 0 aliphatic heterocycles.